The minimum atomic E-state index is -4.80. The number of rotatable bonds is 8. The third-order valence-corrected chi connectivity index (χ3v) is 6.27. The third kappa shape index (κ3) is 7.69. The van der Waals surface area contributed by atoms with Crippen LogP contribution in [0.25, 0.3) is 5.70 Å². The zero-order valence-corrected chi connectivity index (χ0v) is 20.5. The number of halogens is 3. The van der Waals surface area contributed by atoms with Crippen molar-refractivity contribution in [1.82, 2.24) is 14.7 Å². The maximum absolute atomic E-state index is 13.5. The van der Waals surface area contributed by atoms with Gasteiger partial charge in [0.15, 0.2) is 0 Å². The van der Waals surface area contributed by atoms with E-state index in [1.54, 1.807) is 13.8 Å². The lowest BCUT2D eigenvalue weighted by Gasteiger charge is -2.11. The summed E-state index contributed by atoms with van der Waals surface area (Å²) in [6, 6.07) is 10.6. The number of carbonyl (C=O) groups excluding carboxylic acids is 1. The number of aromatic nitrogens is 2. The molecular weight excluding hydrogens is 509 g/mol. The van der Waals surface area contributed by atoms with Gasteiger partial charge in [0, 0.05) is 35.3 Å². The Balaban J connectivity index is 1.79. The number of hydrogen-bond donors (Lipinski definition) is 3. The van der Waals surface area contributed by atoms with Gasteiger partial charge in [-0.3, -0.25) is 9.78 Å². The van der Waals surface area contributed by atoms with Gasteiger partial charge in [0.1, 0.15) is 11.5 Å². The molecule has 3 rings (SSSR count). The lowest BCUT2D eigenvalue weighted by Crippen LogP contribution is -2.30. The van der Waals surface area contributed by atoms with Gasteiger partial charge in [-0.05, 0) is 62.4 Å². The highest BCUT2D eigenvalue weighted by Crippen LogP contribution is 2.24. The number of aliphatic imine (C=N–C) groups is 1. The van der Waals surface area contributed by atoms with Crippen LogP contribution in [0, 0.1) is 0 Å². The van der Waals surface area contributed by atoms with Crippen LogP contribution in [-0.2, 0) is 10.0 Å². The molecule has 37 heavy (non-hydrogen) atoms. The number of amides is 1. The topological polar surface area (TPSA) is 139 Å². The van der Waals surface area contributed by atoms with Gasteiger partial charge >= 0.3 is 6.18 Å². The van der Waals surface area contributed by atoms with Crippen LogP contribution in [0.4, 0.5) is 24.7 Å². The average molecular weight is 533 g/mol. The minimum Gasteiger partial charge on any atom is -0.398 e. The van der Waals surface area contributed by atoms with Crippen LogP contribution < -0.4 is 15.8 Å². The van der Waals surface area contributed by atoms with Crippen molar-refractivity contribution in [3.63, 3.8) is 0 Å². The summed E-state index contributed by atoms with van der Waals surface area (Å²) in [4.78, 5) is 23.9. The number of benzene rings is 1. The summed E-state index contributed by atoms with van der Waals surface area (Å²) in [5, 5.41) is 2.47. The van der Waals surface area contributed by atoms with Crippen molar-refractivity contribution in [3.05, 3.63) is 84.3 Å². The largest absolute Gasteiger partial charge is 0.433 e. The minimum absolute atomic E-state index is 0.0245. The molecule has 1 aromatic carbocycles. The highest BCUT2D eigenvalue weighted by molar-refractivity contribution is 7.89. The maximum atomic E-state index is 13.5. The quantitative estimate of drug-likeness (QED) is 0.374. The molecular formula is C24H23F3N6O3S. The molecule has 0 aliphatic heterocycles. The van der Waals surface area contributed by atoms with Gasteiger partial charge in [0.2, 0.25) is 10.0 Å². The summed E-state index contributed by atoms with van der Waals surface area (Å²) < 4.78 is 67.7. The van der Waals surface area contributed by atoms with Crippen LogP contribution in [0.5, 0.6) is 0 Å². The first-order valence-electron chi connectivity index (χ1n) is 10.8. The Morgan fingerprint density at radius 2 is 1.81 bits per heavy atom. The number of allylic oxidation sites excluding steroid dienone is 1. The molecule has 0 saturated carbocycles. The summed E-state index contributed by atoms with van der Waals surface area (Å²) in [5.74, 6) is -0.634. The molecule has 0 unspecified atom stereocenters. The van der Waals surface area contributed by atoms with Gasteiger partial charge in [-0.2, -0.15) is 13.2 Å². The van der Waals surface area contributed by atoms with Crippen LogP contribution in [-0.4, -0.2) is 42.2 Å². The Kier molecular flexibility index (Phi) is 8.40. The SMILES string of the molecule is CC(C)NS(=O)(=O)c1cccc(C(=O)Nc2ccc(N=C(C=C(N)c3cccnc3)C(F)(F)F)cn2)c1. The van der Waals surface area contributed by atoms with E-state index in [1.165, 1.54) is 60.9 Å². The van der Waals surface area contributed by atoms with Gasteiger partial charge in [-0.15, -0.1) is 0 Å². The maximum Gasteiger partial charge on any atom is 0.433 e. The van der Waals surface area contributed by atoms with Crippen LogP contribution in [0.3, 0.4) is 0 Å². The van der Waals surface area contributed by atoms with E-state index in [9.17, 15) is 26.4 Å². The predicted molar refractivity (Wildman–Crippen MR) is 134 cm³/mol. The molecule has 0 aliphatic rings. The first-order valence-corrected chi connectivity index (χ1v) is 12.3. The van der Waals surface area contributed by atoms with E-state index >= 15 is 0 Å². The second kappa shape index (κ2) is 11.3. The lowest BCUT2D eigenvalue weighted by atomic mass is 10.1. The third-order valence-electron chi connectivity index (χ3n) is 4.61. The van der Waals surface area contributed by atoms with Gasteiger partial charge in [0.05, 0.1) is 16.8 Å². The molecule has 0 aliphatic carbocycles. The highest BCUT2D eigenvalue weighted by atomic mass is 32.2. The number of alkyl halides is 3. The summed E-state index contributed by atoms with van der Waals surface area (Å²) in [6.45, 7) is 3.33. The van der Waals surface area contributed by atoms with Crippen molar-refractivity contribution >= 4 is 38.8 Å². The van der Waals surface area contributed by atoms with Gasteiger partial charge in [0.25, 0.3) is 5.91 Å². The van der Waals surface area contributed by atoms with Crippen molar-refractivity contribution in [3.8, 4) is 0 Å². The first-order chi connectivity index (χ1) is 17.3. The van der Waals surface area contributed by atoms with Crippen LogP contribution in [0.1, 0.15) is 29.8 Å². The van der Waals surface area contributed by atoms with E-state index < -0.39 is 27.8 Å². The van der Waals surface area contributed by atoms with Gasteiger partial charge in [-0.1, -0.05) is 6.07 Å². The second-order valence-electron chi connectivity index (χ2n) is 8.00. The fourth-order valence-corrected chi connectivity index (χ4v) is 4.27. The zero-order chi connectivity index (χ0) is 27.2. The number of sulfonamides is 1. The molecule has 0 spiro atoms. The molecule has 0 bridgehead atoms. The molecule has 0 radical (unpaired) electrons. The van der Waals surface area contributed by atoms with Crippen LogP contribution in [0.2, 0.25) is 0 Å². The molecule has 1 amide bonds. The van der Waals surface area contributed by atoms with Crippen molar-refractivity contribution in [1.29, 1.82) is 0 Å². The van der Waals surface area contributed by atoms with Gasteiger partial charge < -0.3 is 11.1 Å². The summed E-state index contributed by atoms with van der Waals surface area (Å²) >= 11 is 0. The van der Waals surface area contributed by atoms with Crippen molar-refractivity contribution < 1.29 is 26.4 Å². The van der Waals surface area contributed by atoms with Crippen molar-refractivity contribution in [2.75, 3.05) is 5.32 Å². The number of pyridine rings is 2. The number of anilines is 1. The summed E-state index contributed by atoms with van der Waals surface area (Å²) in [7, 11) is -3.81. The second-order valence-corrected chi connectivity index (χ2v) is 9.71. The van der Waals surface area contributed by atoms with Crippen molar-refractivity contribution in [2.24, 2.45) is 10.7 Å². The van der Waals surface area contributed by atoms with Crippen LogP contribution >= 0.6 is 0 Å². The molecule has 0 saturated heterocycles. The summed E-state index contributed by atoms with van der Waals surface area (Å²) in [6.07, 6.45) is -0.269. The smallest absolute Gasteiger partial charge is 0.398 e. The Bertz CT molecular complexity index is 1420. The highest BCUT2D eigenvalue weighted by Gasteiger charge is 2.34. The lowest BCUT2D eigenvalue weighted by molar-refractivity contribution is -0.0576. The van der Waals surface area contributed by atoms with Gasteiger partial charge in [-0.25, -0.2) is 23.1 Å². The number of nitrogens with two attached hydrogens (primary N) is 1. The molecule has 2 heterocycles. The monoisotopic (exact) mass is 532 g/mol. The molecule has 4 N–H and O–H groups in total. The van der Waals surface area contributed by atoms with E-state index in [0.717, 1.165) is 6.20 Å². The van der Waals surface area contributed by atoms with Crippen LogP contribution in [0.15, 0.2) is 83.1 Å². The number of nitrogens with one attached hydrogen (secondary N) is 2. The van der Waals surface area contributed by atoms with E-state index in [2.05, 4.69) is 25.0 Å². The molecule has 13 heteroatoms. The Hall–Kier alpha value is -4.10. The molecule has 0 atom stereocenters. The number of carbonyl (C=O) groups is 1. The number of nitrogens with zero attached hydrogens (tertiary/aromatic N) is 3. The molecule has 2 aromatic heterocycles. The van der Waals surface area contributed by atoms with E-state index in [4.69, 9.17) is 5.73 Å². The normalized spacial score (nSPS) is 13.0. The standard InChI is InChI=1S/C24H23F3N6O3S/c1-15(2)33-37(35,36)19-7-3-5-16(11-19)23(34)32-22-9-8-18(14-30-22)31-21(24(25,26)27)12-20(28)17-6-4-10-29-13-17/h3-15,33H,28H2,1-2H3,(H,30,32,34). The fourth-order valence-electron chi connectivity index (χ4n) is 2.98. The molecule has 3 aromatic rings. The van der Waals surface area contributed by atoms with Crippen molar-refractivity contribution in [2.45, 2.75) is 31.0 Å². The Morgan fingerprint density at radius 3 is 2.41 bits per heavy atom. The van der Waals surface area contributed by atoms with E-state index in [0.29, 0.717) is 11.6 Å². The van der Waals surface area contributed by atoms with E-state index in [-0.39, 0.29) is 33.7 Å². The molecule has 194 valence electrons. The molecule has 0 fully saturated rings. The van der Waals surface area contributed by atoms with E-state index in [1.807, 2.05) is 0 Å². The predicted octanol–water partition coefficient (Wildman–Crippen LogP) is 4.05. The Labute approximate surface area is 211 Å². The average Bonchev–Trinajstić information content (AvgIpc) is 2.84. The zero-order valence-electron chi connectivity index (χ0n) is 19.7. The first kappa shape index (κ1) is 27.5. The molecule has 9 nitrogen and oxygen atoms in total. The summed E-state index contributed by atoms with van der Waals surface area (Å²) in [5.41, 5.74) is 4.57. The number of hydrogen-bond acceptors (Lipinski definition) is 7. The fraction of sp³-hybridized carbons (Fsp3) is 0.167. The Morgan fingerprint density at radius 1 is 1.08 bits per heavy atom.